The van der Waals surface area contributed by atoms with E-state index in [9.17, 15) is 23.8 Å². The minimum atomic E-state index is -0.684. The largest absolute Gasteiger partial charge is 0.392 e. The van der Waals surface area contributed by atoms with E-state index in [0.29, 0.717) is 44.6 Å². The normalized spacial score (nSPS) is 22.4. The maximum absolute atomic E-state index is 13.4. The van der Waals surface area contributed by atoms with Crippen molar-refractivity contribution >= 4 is 22.9 Å². The second-order valence-electron chi connectivity index (χ2n) is 10.7. The van der Waals surface area contributed by atoms with Crippen LogP contribution >= 0.6 is 0 Å². The molecule has 1 amide bonds. The van der Waals surface area contributed by atoms with Crippen molar-refractivity contribution in [2.45, 2.75) is 44.3 Å². The highest BCUT2D eigenvalue weighted by atomic mass is 19.1. The number of nitrogens with zero attached hydrogens (tertiary/aromatic N) is 2. The van der Waals surface area contributed by atoms with Crippen LogP contribution in [0.15, 0.2) is 48.7 Å². The van der Waals surface area contributed by atoms with Gasteiger partial charge in [-0.05, 0) is 73.5 Å². The van der Waals surface area contributed by atoms with Gasteiger partial charge in [0.2, 0.25) is 5.91 Å². The summed E-state index contributed by atoms with van der Waals surface area (Å²) in [4.78, 5) is 19.8. The molecular weight excluding hydrogens is 488 g/mol. The van der Waals surface area contributed by atoms with Gasteiger partial charge in [0, 0.05) is 61.3 Å². The zero-order valence-electron chi connectivity index (χ0n) is 21.6. The fourth-order valence-corrected chi connectivity index (χ4v) is 6.02. The van der Waals surface area contributed by atoms with Crippen LogP contribution in [-0.4, -0.2) is 75.8 Å². The summed E-state index contributed by atoms with van der Waals surface area (Å²) in [5.74, 6) is -1.44. The van der Waals surface area contributed by atoms with Gasteiger partial charge in [-0.15, -0.1) is 0 Å². The Balaban J connectivity index is 1.10. The van der Waals surface area contributed by atoms with Gasteiger partial charge in [0.1, 0.15) is 11.6 Å². The molecule has 2 aromatic carbocycles. The molecule has 5 rings (SSSR count). The van der Waals surface area contributed by atoms with Gasteiger partial charge in [0.05, 0.1) is 12.2 Å². The Kier molecular flexibility index (Phi) is 7.93. The number of para-hydroxylation sites is 1. The van der Waals surface area contributed by atoms with Crippen molar-refractivity contribution in [2.75, 3.05) is 32.7 Å². The Bertz CT molecular complexity index is 1300. The molecule has 2 saturated heterocycles. The predicted molar refractivity (Wildman–Crippen MR) is 144 cm³/mol. The maximum atomic E-state index is 13.4. The molecule has 0 radical (unpaired) electrons. The number of aromatic amines is 1. The number of H-pyrrole nitrogens is 1. The lowest BCUT2D eigenvalue weighted by Crippen LogP contribution is -2.48. The van der Waals surface area contributed by atoms with Crippen LogP contribution in [0.5, 0.6) is 0 Å². The molecule has 1 aromatic heterocycles. The van der Waals surface area contributed by atoms with E-state index in [1.165, 1.54) is 35.2 Å². The van der Waals surface area contributed by atoms with E-state index in [4.69, 9.17) is 0 Å². The number of aliphatic hydroxyl groups is 2. The highest BCUT2D eigenvalue weighted by molar-refractivity contribution is 5.91. The number of aliphatic hydroxyl groups excluding tert-OH is 2. The first-order valence-electron chi connectivity index (χ1n) is 13.4. The van der Waals surface area contributed by atoms with Crippen molar-refractivity contribution in [3.63, 3.8) is 0 Å². The van der Waals surface area contributed by atoms with Gasteiger partial charge in [0.15, 0.2) is 0 Å². The predicted octanol–water partition coefficient (Wildman–Crippen LogP) is 4.22. The van der Waals surface area contributed by atoms with E-state index >= 15 is 0 Å². The van der Waals surface area contributed by atoms with Gasteiger partial charge in [-0.1, -0.05) is 18.2 Å². The first-order chi connectivity index (χ1) is 18.3. The molecule has 2 fully saturated rings. The summed E-state index contributed by atoms with van der Waals surface area (Å²) in [6.07, 6.45) is 5.94. The zero-order chi connectivity index (χ0) is 26.8. The Labute approximate surface area is 221 Å². The minimum absolute atomic E-state index is 0.0603. The Morgan fingerprint density at radius 2 is 1.87 bits per heavy atom. The third kappa shape index (κ3) is 5.82. The average Bonchev–Trinajstić information content (AvgIpc) is 3.32. The number of fused-ring (bicyclic) bond motifs is 1. The molecule has 0 saturated carbocycles. The molecule has 0 spiro atoms. The summed E-state index contributed by atoms with van der Waals surface area (Å²) in [5.41, 5.74) is 3.77. The first-order valence-corrected chi connectivity index (χ1v) is 13.4. The summed E-state index contributed by atoms with van der Waals surface area (Å²) in [6, 6.07) is 9.38. The number of nitrogens with one attached hydrogen (secondary N) is 1. The highest BCUT2D eigenvalue weighted by Gasteiger charge is 2.33. The van der Waals surface area contributed by atoms with Crippen LogP contribution in [0.4, 0.5) is 8.78 Å². The number of aromatic nitrogens is 1. The van der Waals surface area contributed by atoms with E-state index in [1.54, 1.807) is 4.90 Å². The van der Waals surface area contributed by atoms with Crippen LogP contribution in [0.2, 0.25) is 0 Å². The van der Waals surface area contributed by atoms with Crippen LogP contribution in [0.1, 0.15) is 41.9 Å². The van der Waals surface area contributed by atoms with Crippen molar-refractivity contribution in [1.82, 2.24) is 14.8 Å². The molecule has 2 unspecified atom stereocenters. The molecule has 8 heteroatoms. The van der Waals surface area contributed by atoms with Gasteiger partial charge in [-0.25, -0.2) is 8.78 Å². The quantitative estimate of drug-likeness (QED) is 0.423. The number of aryl methyl sites for hydroxylation is 1. The number of benzene rings is 2. The number of β-amino-alcohol motifs (C(OH)–C–C–N with tert-alkyl or cyclic N) is 2. The third-order valence-electron chi connectivity index (χ3n) is 8.17. The van der Waals surface area contributed by atoms with E-state index in [-0.39, 0.29) is 17.7 Å². The number of halogens is 2. The van der Waals surface area contributed by atoms with Crippen LogP contribution in [0, 0.1) is 24.5 Å². The smallest absolute Gasteiger partial charge is 0.246 e. The van der Waals surface area contributed by atoms with Gasteiger partial charge >= 0.3 is 0 Å². The Morgan fingerprint density at radius 1 is 1.13 bits per heavy atom. The Morgan fingerprint density at radius 3 is 2.58 bits per heavy atom. The van der Waals surface area contributed by atoms with Gasteiger partial charge in [-0.3, -0.25) is 9.69 Å². The topological polar surface area (TPSA) is 79.8 Å². The van der Waals surface area contributed by atoms with E-state index in [1.807, 2.05) is 12.3 Å². The summed E-state index contributed by atoms with van der Waals surface area (Å²) >= 11 is 0. The molecule has 2 aliphatic rings. The van der Waals surface area contributed by atoms with Crippen molar-refractivity contribution in [1.29, 1.82) is 0 Å². The van der Waals surface area contributed by atoms with Gasteiger partial charge in [0.25, 0.3) is 0 Å². The number of piperidine rings is 2. The van der Waals surface area contributed by atoms with Crippen molar-refractivity contribution in [3.05, 3.63) is 77.0 Å². The molecule has 3 atom stereocenters. The summed E-state index contributed by atoms with van der Waals surface area (Å²) in [5, 5.41) is 23.1. The van der Waals surface area contributed by atoms with E-state index in [2.05, 4.69) is 28.9 Å². The number of hydrogen-bond donors (Lipinski definition) is 3. The summed E-state index contributed by atoms with van der Waals surface area (Å²) in [6.45, 7) is 4.94. The van der Waals surface area contributed by atoms with E-state index < -0.39 is 23.8 Å². The first kappa shape index (κ1) is 26.5. The summed E-state index contributed by atoms with van der Waals surface area (Å²) < 4.78 is 26.7. The number of carbonyl (C=O) groups excluding carboxylic acids is 1. The standard InChI is InChI=1S/C30H35F2N3O3/c1-19-3-2-4-25-26(16-33-30(19)25)24-9-10-34(18-28(24)37)17-27(36)21-7-11-35(12-8-21)29(38)6-5-20-13-22(31)15-23(32)14-20/h2-6,13-16,21,24,27-28,33,36-37H,7-12,17-18H2,1H3/b6-5+/t24?,27-,28?/m0/s1. The molecular formula is C30H35F2N3O3. The Hall–Kier alpha value is -3.07. The molecule has 3 heterocycles. The average molecular weight is 524 g/mol. The number of rotatable bonds is 6. The molecule has 3 aromatic rings. The molecule has 0 bridgehead atoms. The minimum Gasteiger partial charge on any atom is -0.392 e. The number of hydrogen-bond acceptors (Lipinski definition) is 4. The molecule has 6 nitrogen and oxygen atoms in total. The summed E-state index contributed by atoms with van der Waals surface area (Å²) in [7, 11) is 0. The molecule has 202 valence electrons. The van der Waals surface area contributed by atoms with Crippen molar-refractivity contribution in [3.8, 4) is 0 Å². The van der Waals surface area contributed by atoms with E-state index in [0.717, 1.165) is 30.1 Å². The lowest BCUT2D eigenvalue weighted by molar-refractivity contribution is -0.128. The van der Waals surface area contributed by atoms with Crippen molar-refractivity contribution < 1.29 is 23.8 Å². The third-order valence-corrected chi connectivity index (χ3v) is 8.17. The number of carbonyl (C=O) groups is 1. The fraction of sp³-hybridized carbons (Fsp3) is 0.433. The number of amides is 1. The number of likely N-dealkylation sites (tertiary alicyclic amines) is 2. The lowest BCUT2D eigenvalue weighted by atomic mass is 9.85. The van der Waals surface area contributed by atoms with Crippen molar-refractivity contribution in [2.24, 2.45) is 5.92 Å². The highest BCUT2D eigenvalue weighted by Crippen LogP contribution is 2.34. The maximum Gasteiger partial charge on any atom is 0.246 e. The van der Waals surface area contributed by atoms with Gasteiger partial charge in [-0.2, -0.15) is 0 Å². The zero-order valence-corrected chi connectivity index (χ0v) is 21.6. The van der Waals surface area contributed by atoms with Crippen LogP contribution in [0.25, 0.3) is 17.0 Å². The van der Waals surface area contributed by atoms with Gasteiger partial charge < -0.3 is 20.1 Å². The molecule has 2 aliphatic heterocycles. The molecule has 38 heavy (non-hydrogen) atoms. The van der Waals surface area contributed by atoms with Crippen LogP contribution in [0.3, 0.4) is 0 Å². The second kappa shape index (κ2) is 11.4. The lowest BCUT2D eigenvalue weighted by Gasteiger charge is -2.39. The molecule has 0 aliphatic carbocycles. The monoisotopic (exact) mass is 523 g/mol. The SMILES string of the molecule is Cc1cccc2c(C3CCN(C[C@H](O)C4CCN(C(=O)/C=C/c5cc(F)cc(F)c5)CC4)CC3O)c[nH]c12. The van der Waals surface area contributed by atoms with Crippen LogP contribution < -0.4 is 0 Å². The fourth-order valence-electron chi connectivity index (χ4n) is 6.02. The molecule has 3 N–H and O–H groups in total. The van der Waals surface area contributed by atoms with Crippen LogP contribution in [-0.2, 0) is 4.79 Å². The second-order valence-corrected chi connectivity index (χ2v) is 10.7.